The van der Waals surface area contributed by atoms with Crippen LogP contribution in [0.15, 0.2) is 35.9 Å². The number of ether oxygens (including phenoxy) is 3. The summed E-state index contributed by atoms with van der Waals surface area (Å²) < 4.78 is 15.7. The number of aliphatic hydroxyl groups is 1. The number of amides is 1. The number of nitrogens with zero attached hydrogens (tertiary/aromatic N) is 1. The first-order valence-corrected chi connectivity index (χ1v) is 11.0. The molecule has 7 nitrogen and oxygen atoms in total. The molecule has 0 aromatic heterocycles. The number of carbonyl (C=O) groups is 2. The highest BCUT2D eigenvalue weighted by Gasteiger charge is 2.46. The Morgan fingerprint density at radius 1 is 1.09 bits per heavy atom. The number of ketones is 1. The summed E-state index contributed by atoms with van der Waals surface area (Å²) in [4.78, 5) is 27.6. The maximum atomic E-state index is 13.2. The van der Waals surface area contributed by atoms with Gasteiger partial charge in [0.2, 0.25) is 0 Å². The molecular formula is C24H25Cl2NO6. The second-order valence-electron chi connectivity index (χ2n) is 7.54. The van der Waals surface area contributed by atoms with Crippen LogP contribution in [0.1, 0.15) is 29.2 Å². The predicted octanol–water partition coefficient (Wildman–Crippen LogP) is 4.78. The van der Waals surface area contributed by atoms with E-state index < -0.39 is 23.5 Å². The Morgan fingerprint density at radius 2 is 1.79 bits per heavy atom. The van der Waals surface area contributed by atoms with Crippen molar-refractivity contribution in [2.75, 3.05) is 34.5 Å². The molecule has 1 fully saturated rings. The van der Waals surface area contributed by atoms with Gasteiger partial charge >= 0.3 is 0 Å². The lowest BCUT2D eigenvalue weighted by molar-refractivity contribution is -0.140. The van der Waals surface area contributed by atoms with Gasteiger partial charge in [-0.05, 0) is 25.0 Å². The van der Waals surface area contributed by atoms with Gasteiger partial charge in [0.15, 0.2) is 11.5 Å². The van der Waals surface area contributed by atoms with Crippen molar-refractivity contribution >= 4 is 40.7 Å². The molecule has 1 saturated heterocycles. The molecule has 0 spiro atoms. The van der Waals surface area contributed by atoms with E-state index in [-0.39, 0.29) is 39.2 Å². The fraction of sp³-hybridized carbons (Fsp3) is 0.333. The number of carbonyl (C=O) groups excluding carboxylic acids is 2. The zero-order valence-electron chi connectivity index (χ0n) is 18.8. The van der Waals surface area contributed by atoms with Crippen LogP contribution in [0.4, 0.5) is 0 Å². The number of aliphatic hydroxyl groups excluding tert-OH is 1. The Balaban J connectivity index is 2.25. The summed E-state index contributed by atoms with van der Waals surface area (Å²) in [7, 11) is 4.33. The molecule has 1 unspecified atom stereocenters. The number of Topliss-reactive ketones (excluding diaryl/α,β-unsaturated/α-hetero) is 1. The molecule has 1 amide bonds. The van der Waals surface area contributed by atoms with E-state index in [4.69, 9.17) is 37.4 Å². The number of hydrogen-bond acceptors (Lipinski definition) is 6. The number of aryl methyl sites for hydroxylation is 1. The lowest BCUT2D eigenvalue weighted by Gasteiger charge is -2.25. The van der Waals surface area contributed by atoms with Crippen molar-refractivity contribution in [2.45, 2.75) is 19.4 Å². The third-order valence-electron chi connectivity index (χ3n) is 5.44. The van der Waals surface area contributed by atoms with Crippen molar-refractivity contribution in [3.63, 3.8) is 0 Å². The van der Waals surface area contributed by atoms with Crippen molar-refractivity contribution in [1.82, 2.24) is 4.90 Å². The minimum Gasteiger partial charge on any atom is -0.507 e. The van der Waals surface area contributed by atoms with E-state index in [9.17, 15) is 14.7 Å². The number of rotatable bonds is 8. The molecule has 3 rings (SSSR count). The number of hydrogen-bond donors (Lipinski definition) is 1. The van der Waals surface area contributed by atoms with Crippen LogP contribution in [0, 0.1) is 6.92 Å². The summed E-state index contributed by atoms with van der Waals surface area (Å²) in [5.41, 5.74) is 1.65. The second kappa shape index (κ2) is 10.5. The van der Waals surface area contributed by atoms with Crippen LogP contribution < -0.4 is 9.47 Å². The van der Waals surface area contributed by atoms with Crippen molar-refractivity contribution in [2.24, 2.45) is 0 Å². The highest BCUT2D eigenvalue weighted by atomic mass is 35.5. The van der Waals surface area contributed by atoms with Gasteiger partial charge in [0, 0.05) is 20.3 Å². The Kier molecular flexibility index (Phi) is 7.89. The number of halogens is 2. The minimum atomic E-state index is -0.804. The van der Waals surface area contributed by atoms with Gasteiger partial charge in [-0.3, -0.25) is 9.59 Å². The topological polar surface area (TPSA) is 85.3 Å². The summed E-state index contributed by atoms with van der Waals surface area (Å²) in [6, 6.07) is 8.02. The highest BCUT2D eigenvalue weighted by molar-refractivity contribution is 6.47. The smallest absolute Gasteiger partial charge is 0.295 e. The summed E-state index contributed by atoms with van der Waals surface area (Å²) >= 11 is 12.7. The number of benzene rings is 2. The average molecular weight is 494 g/mol. The van der Waals surface area contributed by atoms with E-state index in [1.165, 1.54) is 25.2 Å². The van der Waals surface area contributed by atoms with Gasteiger partial charge in [-0.25, -0.2) is 0 Å². The number of methoxy groups -OCH3 is 3. The molecule has 1 heterocycles. The van der Waals surface area contributed by atoms with Gasteiger partial charge in [0.25, 0.3) is 11.7 Å². The Bertz CT molecular complexity index is 1110. The summed E-state index contributed by atoms with van der Waals surface area (Å²) in [5, 5.41) is 11.5. The molecule has 33 heavy (non-hydrogen) atoms. The SMILES string of the molecule is COCCCN1C(=O)C(=O)/C(=C(/O)c2cc(Cl)c(OC)c(Cl)c2OC)C1c1cccc(C)c1. The molecule has 1 atom stereocenters. The molecule has 0 bridgehead atoms. The van der Waals surface area contributed by atoms with Gasteiger partial charge in [-0.2, -0.15) is 0 Å². The van der Waals surface area contributed by atoms with Crippen molar-refractivity contribution in [3.8, 4) is 11.5 Å². The minimum absolute atomic E-state index is 0.0375. The van der Waals surface area contributed by atoms with Crippen LogP contribution in [0.5, 0.6) is 11.5 Å². The quantitative estimate of drug-likeness (QED) is 0.246. The van der Waals surface area contributed by atoms with Gasteiger partial charge in [-0.15, -0.1) is 0 Å². The zero-order chi connectivity index (χ0) is 24.3. The lowest BCUT2D eigenvalue weighted by Crippen LogP contribution is -2.31. The van der Waals surface area contributed by atoms with E-state index in [1.54, 1.807) is 7.11 Å². The fourth-order valence-electron chi connectivity index (χ4n) is 3.97. The van der Waals surface area contributed by atoms with Crippen LogP contribution in [0.3, 0.4) is 0 Å². The Labute approximate surface area is 202 Å². The molecule has 2 aromatic rings. The Hall–Kier alpha value is -2.74. The van der Waals surface area contributed by atoms with Crippen LogP contribution in [0.2, 0.25) is 10.0 Å². The predicted molar refractivity (Wildman–Crippen MR) is 126 cm³/mol. The molecular weight excluding hydrogens is 469 g/mol. The summed E-state index contributed by atoms with van der Waals surface area (Å²) in [5.74, 6) is -1.70. The van der Waals surface area contributed by atoms with Crippen LogP contribution in [-0.4, -0.2) is 56.2 Å². The van der Waals surface area contributed by atoms with Crippen LogP contribution in [0.25, 0.3) is 5.76 Å². The fourth-order valence-corrected chi connectivity index (χ4v) is 4.66. The van der Waals surface area contributed by atoms with E-state index in [2.05, 4.69) is 0 Å². The zero-order valence-corrected chi connectivity index (χ0v) is 20.3. The van der Waals surface area contributed by atoms with Crippen LogP contribution >= 0.6 is 23.2 Å². The molecule has 0 saturated carbocycles. The molecule has 1 aliphatic rings. The monoisotopic (exact) mass is 493 g/mol. The molecule has 2 aromatic carbocycles. The van der Waals surface area contributed by atoms with Gasteiger partial charge < -0.3 is 24.2 Å². The lowest BCUT2D eigenvalue weighted by atomic mass is 9.94. The molecule has 176 valence electrons. The first-order chi connectivity index (χ1) is 15.8. The average Bonchev–Trinajstić information content (AvgIpc) is 3.03. The second-order valence-corrected chi connectivity index (χ2v) is 8.32. The van der Waals surface area contributed by atoms with Crippen molar-refractivity contribution in [1.29, 1.82) is 0 Å². The third kappa shape index (κ3) is 4.67. The van der Waals surface area contributed by atoms with E-state index in [1.807, 2.05) is 31.2 Å². The molecule has 9 heteroatoms. The molecule has 0 aliphatic carbocycles. The van der Waals surface area contributed by atoms with Crippen LogP contribution in [-0.2, 0) is 14.3 Å². The molecule has 1 aliphatic heterocycles. The maximum absolute atomic E-state index is 13.2. The Morgan fingerprint density at radius 3 is 2.39 bits per heavy atom. The molecule has 1 N–H and O–H groups in total. The number of likely N-dealkylation sites (tertiary alicyclic amines) is 1. The summed E-state index contributed by atoms with van der Waals surface area (Å²) in [6.07, 6.45) is 0.523. The van der Waals surface area contributed by atoms with Crippen molar-refractivity contribution in [3.05, 3.63) is 62.6 Å². The standard InChI is InChI=1S/C24H25Cl2NO6/c1-13-7-5-8-14(11-13)19-17(21(29)24(30)27(19)9-6-10-31-2)20(28)15-12-16(25)23(33-4)18(26)22(15)32-3/h5,7-8,11-12,19,28H,6,9-10H2,1-4H3/b20-17+. The van der Waals surface area contributed by atoms with E-state index in [0.717, 1.165) is 5.56 Å². The summed E-state index contributed by atoms with van der Waals surface area (Å²) in [6.45, 7) is 2.60. The van der Waals surface area contributed by atoms with E-state index >= 15 is 0 Å². The largest absolute Gasteiger partial charge is 0.507 e. The van der Waals surface area contributed by atoms with Crippen molar-refractivity contribution < 1.29 is 28.9 Å². The van der Waals surface area contributed by atoms with Gasteiger partial charge in [0.1, 0.15) is 10.8 Å². The first kappa shape index (κ1) is 24.9. The normalized spacial score (nSPS) is 17.5. The maximum Gasteiger partial charge on any atom is 0.295 e. The highest BCUT2D eigenvalue weighted by Crippen LogP contribution is 2.47. The van der Waals surface area contributed by atoms with Gasteiger partial charge in [-0.1, -0.05) is 53.0 Å². The first-order valence-electron chi connectivity index (χ1n) is 10.2. The van der Waals surface area contributed by atoms with Gasteiger partial charge in [0.05, 0.1) is 36.4 Å². The molecule has 0 radical (unpaired) electrons. The third-order valence-corrected chi connectivity index (χ3v) is 6.06. The van der Waals surface area contributed by atoms with E-state index in [0.29, 0.717) is 18.6 Å².